The van der Waals surface area contributed by atoms with Gasteiger partial charge in [-0.25, -0.2) is 0 Å². The van der Waals surface area contributed by atoms with E-state index in [1.165, 1.54) is 5.56 Å². The Balaban J connectivity index is 2.71. The first-order valence-corrected chi connectivity index (χ1v) is 3.90. The fourth-order valence-electron chi connectivity index (χ4n) is 1.10. The lowest BCUT2D eigenvalue weighted by Crippen LogP contribution is -2.14. The van der Waals surface area contributed by atoms with E-state index in [1.54, 1.807) is 0 Å². The molecular weight excluding hydrogens is 134 g/mol. The van der Waals surface area contributed by atoms with Crippen LogP contribution in [0.15, 0.2) is 30.3 Å². The Kier molecular flexibility index (Phi) is 2.58. The summed E-state index contributed by atoms with van der Waals surface area (Å²) >= 11 is 0. The Morgan fingerprint density at radius 3 is 2.64 bits per heavy atom. The Morgan fingerprint density at radius 2 is 2.09 bits per heavy atom. The Hall–Kier alpha value is -0.820. The third-order valence-corrected chi connectivity index (χ3v) is 1.74. The highest BCUT2D eigenvalue weighted by Crippen LogP contribution is 2.12. The Labute approximate surface area is 69.8 Å². The van der Waals surface area contributed by atoms with Gasteiger partial charge in [0.25, 0.3) is 0 Å². The fraction of sp³-hybridized carbons (Fsp3) is 0.400. The Morgan fingerprint density at radius 1 is 1.45 bits per heavy atom. The molecule has 2 atom stereocenters. The number of hydrogen-bond acceptors (Lipinski definition) is 1. The van der Waals surface area contributed by atoms with Gasteiger partial charge in [0, 0.05) is 7.89 Å². The fourth-order valence-corrected chi connectivity index (χ4v) is 1.10. The van der Waals surface area contributed by atoms with Crippen LogP contribution in [-0.2, 0) is 0 Å². The molecule has 0 aliphatic carbocycles. The van der Waals surface area contributed by atoms with Gasteiger partial charge >= 0.3 is 0 Å². The van der Waals surface area contributed by atoms with Crippen molar-refractivity contribution in [2.75, 3.05) is 13.6 Å². The highest BCUT2D eigenvalue weighted by Gasteiger charge is 2.01. The van der Waals surface area contributed by atoms with Gasteiger partial charge in [-0.1, -0.05) is 37.3 Å². The molecule has 0 amide bonds. The summed E-state index contributed by atoms with van der Waals surface area (Å²) in [6.45, 7) is 1.84. The lowest BCUT2D eigenvalue weighted by Gasteiger charge is -2.09. The maximum Gasteiger partial charge on any atom is 0.0434 e. The zero-order chi connectivity index (χ0) is 8.97. The van der Waals surface area contributed by atoms with Crippen LogP contribution in [0.5, 0.6) is 0 Å². The van der Waals surface area contributed by atoms with E-state index in [0.29, 0.717) is 0 Å². The van der Waals surface area contributed by atoms with E-state index in [-0.39, 0.29) is 12.4 Å². The highest BCUT2D eigenvalue weighted by atomic mass is 14.8. The summed E-state index contributed by atoms with van der Waals surface area (Å²) in [6, 6.07) is 10.1. The van der Waals surface area contributed by atoms with E-state index in [0.717, 1.165) is 0 Å². The molecule has 1 aromatic rings. The minimum absolute atomic E-state index is 0.215. The van der Waals surface area contributed by atoms with Crippen molar-refractivity contribution in [3.05, 3.63) is 35.9 Å². The summed E-state index contributed by atoms with van der Waals surface area (Å²) in [5.41, 5.74) is 1.21. The molecular formula is C10H15N. The van der Waals surface area contributed by atoms with Crippen LogP contribution in [0.3, 0.4) is 0 Å². The van der Waals surface area contributed by atoms with Gasteiger partial charge in [-0.2, -0.15) is 0 Å². The summed E-state index contributed by atoms with van der Waals surface area (Å²) < 4.78 is 7.65. The molecule has 60 valence electrons. The third-order valence-electron chi connectivity index (χ3n) is 1.74. The zero-order valence-electron chi connectivity index (χ0n) is 8.04. The van der Waals surface area contributed by atoms with Crippen molar-refractivity contribution in [2.45, 2.75) is 12.8 Å². The molecule has 1 nitrogen and oxygen atoms in total. The van der Waals surface area contributed by atoms with Gasteiger partial charge in [-0.05, 0) is 18.5 Å². The molecule has 11 heavy (non-hydrogen) atoms. The summed E-state index contributed by atoms with van der Waals surface area (Å²) in [5.74, 6) is 0.246. The molecule has 1 heteroatoms. The molecule has 0 heterocycles. The van der Waals surface area contributed by atoms with Crippen molar-refractivity contribution < 1.29 is 1.37 Å². The van der Waals surface area contributed by atoms with Gasteiger partial charge in [0.05, 0.1) is 0 Å². The van der Waals surface area contributed by atoms with Gasteiger partial charge < -0.3 is 5.32 Å². The molecule has 0 fully saturated rings. The quantitative estimate of drug-likeness (QED) is 0.695. The molecule has 1 N–H and O–H groups in total. The second kappa shape index (κ2) is 4.14. The minimum atomic E-state index is -0.215. The third kappa shape index (κ3) is 2.35. The van der Waals surface area contributed by atoms with Crippen molar-refractivity contribution in [3.8, 4) is 0 Å². The molecule has 0 bridgehead atoms. The number of rotatable bonds is 3. The van der Waals surface area contributed by atoms with E-state index >= 15 is 0 Å². The maximum atomic E-state index is 7.65. The van der Waals surface area contributed by atoms with Gasteiger partial charge in [0.1, 0.15) is 0 Å². The summed E-state index contributed by atoms with van der Waals surface area (Å²) in [6.07, 6.45) is 0. The first-order chi connectivity index (χ1) is 5.75. The molecule has 0 radical (unpaired) electrons. The first-order valence-electron chi connectivity index (χ1n) is 4.48. The molecule has 1 aromatic carbocycles. The van der Waals surface area contributed by atoms with Crippen LogP contribution in [0, 0.1) is 0 Å². The molecule has 1 rings (SSSR count). The average molecular weight is 150 g/mol. The van der Waals surface area contributed by atoms with Crippen LogP contribution < -0.4 is 5.32 Å². The smallest absolute Gasteiger partial charge is 0.0434 e. The first kappa shape index (κ1) is 6.86. The van der Waals surface area contributed by atoms with E-state index in [1.807, 2.05) is 25.2 Å². The minimum Gasteiger partial charge on any atom is -0.319 e. The van der Waals surface area contributed by atoms with Gasteiger partial charge in [-0.15, -0.1) is 0 Å². The van der Waals surface area contributed by atoms with Crippen LogP contribution in [0.25, 0.3) is 0 Å². The molecule has 0 saturated heterocycles. The molecule has 0 aromatic heterocycles. The molecule has 0 aliphatic rings. The Bertz CT molecular complexity index is 223. The molecule has 0 spiro atoms. The van der Waals surface area contributed by atoms with Crippen LogP contribution in [0.4, 0.5) is 0 Å². The van der Waals surface area contributed by atoms with E-state index < -0.39 is 0 Å². The number of nitrogens with one attached hydrogen (secondary N) is 1. The largest absolute Gasteiger partial charge is 0.319 e. The lowest BCUT2D eigenvalue weighted by molar-refractivity contribution is 0.678. The normalized spacial score (nSPS) is 17.1. The van der Waals surface area contributed by atoms with Crippen LogP contribution >= 0.6 is 0 Å². The van der Waals surface area contributed by atoms with Crippen LogP contribution in [0.2, 0.25) is 0 Å². The summed E-state index contributed by atoms with van der Waals surface area (Å²) in [5, 5.41) is 2.93. The summed E-state index contributed by atoms with van der Waals surface area (Å²) in [7, 11) is 1.82. The zero-order valence-corrected chi connectivity index (χ0v) is 7.04. The van der Waals surface area contributed by atoms with Gasteiger partial charge in [0.2, 0.25) is 0 Å². The van der Waals surface area contributed by atoms with Crippen LogP contribution in [-0.4, -0.2) is 13.6 Å². The monoisotopic (exact) mass is 150 g/mol. The number of hydrogen-bond donors (Lipinski definition) is 1. The number of benzene rings is 1. The van der Waals surface area contributed by atoms with E-state index in [9.17, 15) is 0 Å². The van der Waals surface area contributed by atoms with E-state index in [4.69, 9.17) is 1.37 Å². The summed E-state index contributed by atoms with van der Waals surface area (Å²) in [4.78, 5) is 0. The second-order valence-corrected chi connectivity index (χ2v) is 2.65. The average Bonchev–Trinajstić information content (AvgIpc) is 2.17. The van der Waals surface area contributed by atoms with Crippen molar-refractivity contribution in [3.63, 3.8) is 0 Å². The maximum absolute atomic E-state index is 7.65. The highest BCUT2D eigenvalue weighted by molar-refractivity contribution is 5.18. The predicted molar refractivity (Wildman–Crippen MR) is 48.8 cm³/mol. The molecule has 0 saturated carbocycles. The van der Waals surface area contributed by atoms with Crippen LogP contribution in [0.1, 0.15) is 19.8 Å². The van der Waals surface area contributed by atoms with Gasteiger partial charge in [-0.3, -0.25) is 0 Å². The van der Waals surface area contributed by atoms with Crippen molar-refractivity contribution >= 4 is 0 Å². The van der Waals surface area contributed by atoms with Crippen molar-refractivity contribution in [1.82, 2.24) is 5.32 Å². The second-order valence-electron chi connectivity index (χ2n) is 2.65. The van der Waals surface area contributed by atoms with E-state index in [2.05, 4.69) is 24.4 Å². The molecule has 2 unspecified atom stereocenters. The lowest BCUT2D eigenvalue weighted by atomic mass is 10.0. The predicted octanol–water partition coefficient (Wildman–Crippen LogP) is 2.01. The standard InChI is InChI=1S/C10H15N/c1-9(8-11-2)10-6-4-3-5-7-10/h3-7,9,11H,8H2,1-2H3/i8D. The number of likely N-dealkylation sites (N-methyl/N-ethyl adjacent to an activating group) is 1. The van der Waals surface area contributed by atoms with Crippen molar-refractivity contribution in [2.24, 2.45) is 0 Å². The van der Waals surface area contributed by atoms with Crippen molar-refractivity contribution in [1.29, 1.82) is 0 Å². The SMILES string of the molecule is [2H]C(NC)C(C)c1ccccc1. The topological polar surface area (TPSA) is 12.0 Å². The van der Waals surface area contributed by atoms with Gasteiger partial charge in [0.15, 0.2) is 0 Å². The molecule has 0 aliphatic heterocycles.